The number of amides is 1. The maximum Gasteiger partial charge on any atom is 0.416 e. The van der Waals surface area contributed by atoms with E-state index >= 15 is 0 Å². The molecule has 0 aromatic heterocycles. The third kappa shape index (κ3) is 1.82. The summed E-state index contributed by atoms with van der Waals surface area (Å²) in [6, 6.07) is 2.98. The Hall–Kier alpha value is -1.72. The number of anilines is 1. The van der Waals surface area contributed by atoms with Gasteiger partial charge in [-0.2, -0.15) is 13.2 Å². The Kier molecular flexibility index (Phi) is 2.29. The summed E-state index contributed by atoms with van der Waals surface area (Å²) in [5, 5.41) is 2.36. The number of rotatable bonds is 0. The fourth-order valence-electron chi connectivity index (χ4n) is 1.39. The van der Waals surface area contributed by atoms with Gasteiger partial charge in [0.15, 0.2) is 6.10 Å². The standard InChI is InChI=1S/C10H8F3NO2/c1-5-9(15)14-7-4-6(10(11,12)13)2-3-8(7)16-5/h2-5H,1H3,(H,14,15)/t5-/m0/s1. The van der Waals surface area contributed by atoms with Crippen LogP contribution in [0, 0.1) is 0 Å². The monoisotopic (exact) mass is 231 g/mol. The molecule has 1 N–H and O–H groups in total. The molecule has 16 heavy (non-hydrogen) atoms. The van der Waals surface area contributed by atoms with Crippen molar-refractivity contribution < 1.29 is 22.7 Å². The number of benzene rings is 1. The molecule has 1 atom stereocenters. The van der Waals surface area contributed by atoms with E-state index in [1.54, 1.807) is 0 Å². The number of nitrogens with one attached hydrogen (secondary N) is 1. The number of carbonyl (C=O) groups excluding carboxylic acids is 1. The van der Waals surface area contributed by atoms with Gasteiger partial charge in [-0.3, -0.25) is 4.79 Å². The number of halogens is 3. The van der Waals surface area contributed by atoms with Crippen molar-refractivity contribution in [3.05, 3.63) is 23.8 Å². The molecule has 2 rings (SSSR count). The van der Waals surface area contributed by atoms with E-state index < -0.39 is 23.8 Å². The molecule has 1 aliphatic heterocycles. The lowest BCUT2D eigenvalue weighted by molar-refractivity contribution is -0.137. The lowest BCUT2D eigenvalue weighted by atomic mass is 10.1. The lowest BCUT2D eigenvalue weighted by Gasteiger charge is -2.23. The van der Waals surface area contributed by atoms with E-state index in [0.717, 1.165) is 12.1 Å². The van der Waals surface area contributed by atoms with E-state index in [4.69, 9.17) is 4.74 Å². The minimum atomic E-state index is -4.43. The van der Waals surface area contributed by atoms with E-state index in [9.17, 15) is 18.0 Å². The van der Waals surface area contributed by atoms with Gasteiger partial charge in [-0.15, -0.1) is 0 Å². The summed E-state index contributed by atoms with van der Waals surface area (Å²) in [6.07, 6.45) is -5.12. The highest BCUT2D eigenvalue weighted by Gasteiger charge is 2.33. The highest BCUT2D eigenvalue weighted by Crippen LogP contribution is 2.36. The third-order valence-corrected chi connectivity index (χ3v) is 2.24. The average Bonchev–Trinajstić information content (AvgIpc) is 2.17. The van der Waals surface area contributed by atoms with Crippen LogP contribution in [0.1, 0.15) is 12.5 Å². The predicted octanol–water partition coefficient (Wildman–Crippen LogP) is 2.42. The van der Waals surface area contributed by atoms with Gasteiger partial charge in [0.25, 0.3) is 5.91 Å². The molecule has 0 unspecified atom stereocenters. The summed E-state index contributed by atoms with van der Waals surface area (Å²) >= 11 is 0. The summed E-state index contributed by atoms with van der Waals surface area (Å²) in [4.78, 5) is 11.2. The molecule has 0 radical (unpaired) electrons. The molecule has 0 saturated carbocycles. The SMILES string of the molecule is C[C@@H]1Oc2ccc(C(F)(F)F)cc2NC1=O. The molecule has 0 spiro atoms. The van der Waals surface area contributed by atoms with Crippen molar-refractivity contribution in [3.8, 4) is 5.75 Å². The number of hydrogen-bond donors (Lipinski definition) is 1. The van der Waals surface area contributed by atoms with Crippen molar-refractivity contribution in [3.63, 3.8) is 0 Å². The van der Waals surface area contributed by atoms with Gasteiger partial charge in [0.1, 0.15) is 5.75 Å². The molecule has 0 bridgehead atoms. The topological polar surface area (TPSA) is 38.3 Å². The van der Waals surface area contributed by atoms with Crippen LogP contribution in [0.25, 0.3) is 0 Å². The zero-order valence-corrected chi connectivity index (χ0v) is 8.26. The first kappa shape index (κ1) is 10.8. The normalized spacial score (nSPS) is 19.8. The van der Waals surface area contributed by atoms with Gasteiger partial charge >= 0.3 is 6.18 Å². The molecule has 1 heterocycles. The fourth-order valence-corrected chi connectivity index (χ4v) is 1.39. The van der Waals surface area contributed by atoms with Crippen molar-refractivity contribution in [1.29, 1.82) is 0 Å². The maximum absolute atomic E-state index is 12.4. The van der Waals surface area contributed by atoms with Gasteiger partial charge < -0.3 is 10.1 Å². The number of alkyl halides is 3. The van der Waals surface area contributed by atoms with E-state index in [1.807, 2.05) is 0 Å². The molecule has 0 fully saturated rings. The van der Waals surface area contributed by atoms with E-state index in [0.29, 0.717) is 0 Å². The van der Waals surface area contributed by atoms with Gasteiger partial charge in [0, 0.05) is 0 Å². The highest BCUT2D eigenvalue weighted by atomic mass is 19.4. The summed E-state index contributed by atoms with van der Waals surface area (Å²) in [5.74, 6) is -0.202. The van der Waals surface area contributed by atoms with Crippen molar-refractivity contribution in [2.24, 2.45) is 0 Å². The molecule has 6 heteroatoms. The molecule has 86 valence electrons. The Balaban J connectivity index is 2.40. The molecule has 1 aromatic carbocycles. The van der Waals surface area contributed by atoms with Crippen LogP contribution >= 0.6 is 0 Å². The van der Waals surface area contributed by atoms with Gasteiger partial charge in [0.2, 0.25) is 0 Å². The zero-order chi connectivity index (χ0) is 11.9. The number of ether oxygens (including phenoxy) is 1. The van der Waals surface area contributed by atoms with Crippen LogP contribution in [0.2, 0.25) is 0 Å². The van der Waals surface area contributed by atoms with Gasteiger partial charge in [-0.25, -0.2) is 0 Å². The smallest absolute Gasteiger partial charge is 0.416 e. The number of carbonyl (C=O) groups is 1. The molecular weight excluding hydrogens is 223 g/mol. The van der Waals surface area contributed by atoms with E-state index in [1.165, 1.54) is 13.0 Å². The highest BCUT2D eigenvalue weighted by molar-refractivity contribution is 5.97. The molecule has 1 aliphatic rings. The second kappa shape index (κ2) is 3.40. The van der Waals surface area contributed by atoms with Crippen LogP contribution in [-0.2, 0) is 11.0 Å². The van der Waals surface area contributed by atoms with Crippen LogP contribution in [0.5, 0.6) is 5.75 Å². The zero-order valence-electron chi connectivity index (χ0n) is 8.26. The number of fused-ring (bicyclic) bond motifs is 1. The lowest BCUT2D eigenvalue weighted by Crippen LogP contribution is -2.34. The summed E-state index contributed by atoms with van der Waals surface area (Å²) < 4.78 is 42.3. The molecule has 0 saturated heterocycles. The van der Waals surface area contributed by atoms with Crippen molar-refractivity contribution >= 4 is 11.6 Å². The van der Waals surface area contributed by atoms with Crippen LogP contribution in [0.3, 0.4) is 0 Å². The van der Waals surface area contributed by atoms with Crippen molar-refractivity contribution in [2.75, 3.05) is 5.32 Å². The summed E-state index contributed by atoms with van der Waals surface area (Å²) in [5.41, 5.74) is -0.761. The molecular formula is C10H8F3NO2. The van der Waals surface area contributed by atoms with Crippen molar-refractivity contribution in [2.45, 2.75) is 19.2 Å². The predicted molar refractivity (Wildman–Crippen MR) is 50.2 cm³/mol. The quantitative estimate of drug-likeness (QED) is 0.744. The van der Waals surface area contributed by atoms with Crippen LogP contribution in [0.4, 0.5) is 18.9 Å². The Bertz CT molecular complexity index is 442. The Labute approximate surface area is 89.2 Å². The number of hydrogen-bond acceptors (Lipinski definition) is 2. The first-order valence-electron chi connectivity index (χ1n) is 4.56. The summed E-state index contributed by atoms with van der Waals surface area (Å²) in [6.45, 7) is 1.52. The Morgan fingerprint density at radius 1 is 1.38 bits per heavy atom. The molecule has 0 aliphatic carbocycles. The van der Waals surface area contributed by atoms with Gasteiger partial charge in [0.05, 0.1) is 11.3 Å². The largest absolute Gasteiger partial charge is 0.479 e. The van der Waals surface area contributed by atoms with Crippen LogP contribution < -0.4 is 10.1 Å². The molecule has 1 amide bonds. The Morgan fingerprint density at radius 2 is 2.06 bits per heavy atom. The van der Waals surface area contributed by atoms with Crippen LogP contribution in [0.15, 0.2) is 18.2 Å². The average molecular weight is 231 g/mol. The van der Waals surface area contributed by atoms with Gasteiger partial charge in [-0.05, 0) is 25.1 Å². The second-order valence-electron chi connectivity index (χ2n) is 3.46. The molecule has 1 aromatic rings. The van der Waals surface area contributed by atoms with Crippen molar-refractivity contribution in [1.82, 2.24) is 0 Å². The minimum absolute atomic E-state index is 0.0536. The van der Waals surface area contributed by atoms with E-state index in [-0.39, 0.29) is 11.4 Å². The maximum atomic E-state index is 12.4. The molecule has 3 nitrogen and oxygen atoms in total. The first-order chi connectivity index (χ1) is 7.38. The fraction of sp³-hybridized carbons (Fsp3) is 0.300. The second-order valence-corrected chi connectivity index (χ2v) is 3.46. The first-order valence-corrected chi connectivity index (χ1v) is 4.56. The Morgan fingerprint density at radius 3 is 2.69 bits per heavy atom. The summed E-state index contributed by atoms with van der Waals surface area (Å²) in [7, 11) is 0. The minimum Gasteiger partial charge on any atom is -0.479 e. The third-order valence-electron chi connectivity index (χ3n) is 2.24. The van der Waals surface area contributed by atoms with Crippen LogP contribution in [-0.4, -0.2) is 12.0 Å². The van der Waals surface area contributed by atoms with Gasteiger partial charge in [-0.1, -0.05) is 0 Å². The van der Waals surface area contributed by atoms with E-state index in [2.05, 4.69) is 5.32 Å².